The van der Waals surface area contributed by atoms with E-state index in [9.17, 15) is 9.59 Å². The number of nitrogens with one attached hydrogen (secondary N) is 1. The van der Waals surface area contributed by atoms with Crippen molar-refractivity contribution in [1.82, 2.24) is 5.32 Å². The second kappa shape index (κ2) is 4.61. The SMILES string of the molecule is CC[C@H](NC(=O)C1(C)CCCO1)C(=O)O. The topological polar surface area (TPSA) is 75.6 Å². The quantitative estimate of drug-likeness (QED) is 0.717. The highest BCUT2D eigenvalue weighted by molar-refractivity contribution is 5.89. The summed E-state index contributed by atoms with van der Waals surface area (Å²) in [6.45, 7) is 3.98. The van der Waals surface area contributed by atoms with Gasteiger partial charge < -0.3 is 15.2 Å². The minimum Gasteiger partial charge on any atom is -0.480 e. The number of carbonyl (C=O) groups is 2. The van der Waals surface area contributed by atoms with Crippen molar-refractivity contribution < 1.29 is 19.4 Å². The first-order chi connectivity index (χ1) is 6.99. The molecule has 1 heterocycles. The van der Waals surface area contributed by atoms with Gasteiger partial charge in [0.05, 0.1) is 0 Å². The van der Waals surface area contributed by atoms with Crippen molar-refractivity contribution in [3.8, 4) is 0 Å². The minimum absolute atomic E-state index is 0.325. The van der Waals surface area contributed by atoms with Gasteiger partial charge in [-0.3, -0.25) is 4.79 Å². The van der Waals surface area contributed by atoms with Gasteiger partial charge >= 0.3 is 5.97 Å². The van der Waals surface area contributed by atoms with Crippen LogP contribution in [-0.4, -0.2) is 35.2 Å². The van der Waals surface area contributed by atoms with E-state index in [1.54, 1.807) is 13.8 Å². The number of hydrogen-bond donors (Lipinski definition) is 2. The van der Waals surface area contributed by atoms with Gasteiger partial charge in [0.2, 0.25) is 0 Å². The first-order valence-corrected chi connectivity index (χ1v) is 5.17. The van der Waals surface area contributed by atoms with E-state index in [4.69, 9.17) is 9.84 Å². The maximum absolute atomic E-state index is 11.7. The van der Waals surface area contributed by atoms with Gasteiger partial charge in [-0.05, 0) is 26.2 Å². The lowest BCUT2D eigenvalue weighted by Crippen LogP contribution is -2.50. The first kappa shape index (κ1) is 12.0. The van der Waals surface area contributed by atoms with Crippen molar-refractivity contribution >= 4 is 11.9 Å². The van der Waals surface area contributed by atoms with E-state index >= 15 is 0 Å². The zero-order valence-corrected chi connectivity index (χ0v) is 9.08. The Hall–Kier alpha value is -1.10. The predicted molar refractivity (Wildman–Crippen MR) is 53.4 cm³/mol. The van der Waals surface area contributed by atoms with Crippen LogP contribution in [0.25, 0.3) is 0 Å². The summed E-state index contributed by atoms with van der Waals surface area (Å²) < 4.78 is 5.32. The highest BCUT2D eigenvalue weighted by Gasteiger charge is 2.39. The molecule has 15 heavy (non-hydrogen) atoms. The van der Waals surface area contributed by atoms with Gasteiger partial charge in [0, 0.05) is 6.61 Å². The third-order valence-electron chi connectivity index (χ3n) is 2.71. The normalized spacial score (nSPS) is 27.3. The highest BCUT2D eigenvalue weighted by Crippen LogP contribution is 2.25. The molecular weight excluding hydrogens is 198 g/mol. The lowest BCUT2D eigenvalue weighted by molar-refractivity contribution is -0.147. The van der Waals surface area contributed by atoms with Crippen LogP contribution in [0.3, 0.4) is 0 Å². The second-order valence-corrected chi connectivity index (χ2v) is 3.96. The van der Waals surface area contributed by atoms with Crippen molar-refractivity contribution in [2.45, 2.75) is 44.8 Å². The number of hydrogen-bond acceptors (Lipinski definition) is 3. The molecule has 1 aliphatic rings. The van der Waals surface area contributed by atoms with Gasteiger partial charge in [-0.1, -0.05) is 6.92 Å². The summed E-state index contributed by atoms with van der Waals surface area (Å²) in [4.78, 5) is 22.5. The molecule has 2 atom stereocenters. The Morgan fingerprint density at radius 3 is 2.67 bits per heavy atom. The van der Waals surface area contributed by atoms with Gasteiger partial charge in [-0.2, -0.15) is 0 Å². The van der Waals surface area contributed by atoms with Crippen molar-refractivity contribution in [3.63, 3.8) is 0 Å². The van der Waals surface area contributed by atoms with E-state index in [1.807, 2.05) is 0 Å². The summed E-state index contributed by atoms with van der Waals surface area (Å²) in [6.07, 6.45) is 1.86. The first-order valence-electron chi connectivity index (χ1n) is 5.17. The second-order valence-electron chi connectivity index (χ2n) is 3.96. The van der Waals surface area contributed by atoms with Crippen LogP contribution >= 0.6 is 0 Å². The highest BCUT2D eigenvalue weighted by atomic mass is 16.5. The third-order valence-corrected chi connectivity index (χ3v) is 2.71. The van der Waals surface area contributed by atoms with Crippen LogP contribution < -0.4 is 5.32 Å². The van der Waals surface area contributed by atoms with Gasteiger partial charge in [0.1, 0.15) is 11.6 Å². The van der Waals surface area contributed by atoms with E-state index in [0.717, 1.165) is 6.42 Å². The lowest BCUT2D eigenvalue weighted by atomic mass is 10.0. The summed E-state index contributed by atoms with van der Waals surface area (Å²) in [5, 5.41) is 11.3. The van der Waals surface area contributed by atoms with E-state index in [0.29, 0.717) is 19.4 Å². The van der Waals surface area contributed by atoms with E-state index in [-0.39, 0.29) is 5.91 Å². The molecule has 86 valence electrons. The Morgan fingerprint density at radius 1 is 1.60 bits per heavy atom. The van der Waals surface area contributed by atoms with Gasteiger partial charge in [0.15, 0.2) is 0 Å². The smallest absolute Gasteiger partial charge is 0.326 e. The minimum atomic E-state index is -1.01. The molecule has 1 fully saturated rings. The molecule has 0 aromatic rings. The van der Waals surface area contributed by atoms with Crippen molar-refractivity contribution in [2.24, 2.45) is 0 Å². The molecule has 0 aliphatic carbocycles. The molecule has 1 saturated heterocycles. The van der Waals surface area contributed by atoms with Gasteiger partial charge in [-0.25, -0.2) is 4.79 Å². The lowest BCUT2D eigenvalue weighted by Gasteiger charge is -2.24. The molecule has 1 rings (SSSR count). The zero-order valence-electron chi connectivity index (χ0n) is 9.08. The number of aliphatic carboxylic acids is 1. The van der Waals surface area contributed by atoms with Crippen LogP contribution in [0.5, 0.6) is 0 Å². The van der Waals surface area contributed by atoms with Crippen molar-refractivity contribution in [3.05, 3.63) is 0 Å². The van der Waals surface area contributed by atoms with Gasteiger partial charge in [-0.15, -0.1) is 0 Å². The number of carboxylic acids is 1. The summed E-state index contributed by atoms with van der Waals surface area (Å²) in [7, 11) is 0. The van der Waals surface area contributed by atoms with Crippen molar-refractivity contribution in [1.29, 1.82) is 0 Å². The average Bonchev–Trinajstić information content (AvgIpc) is 2.61. The molecule has 0 aromatic carbocycles. The fraction of sp³-hybridized carbons (Fsp3) is 0.800. The molecule has 5 heteroatoms. The van der Waals surface area contributed by atoms with Crippen LogP contribution in [-0.2, 0) is 14.3 Å². The molecular formula is C10H17NO4. The Balaban J connectivity index is 2.57. The molecule has 0 saturated carbocycles. The Bertz CT molecular complexity index is 258. The molecule has 1 aliphatic heterocycles. The molecule has 0 radical (unpaired) electrons. The maximum Gasteiger partial charge on any atom is 0.326 e. The number of carbonyl (C=O) groups excluding carboxylic acids is 1. The Kier molecular flexibility index (Phi) is 3.68. The summed E-state index contributed by atoms with van der Waals surface area (Å²) in [6, 6.07) is -0.821. The van der Waals surface area contributed by atoms with E-state index < -0.39 is 17.6 Å². The van der Waals surface area contributed by atoms with Gasteiger partial charge in [0.25, 0.3) is 5.91 Å². The number of ether oxygens (including phenoxy) is 1. The van der Waals surface area contributed by atoms with Crippen LogP contribution in [0.15, 0.2) is 0 Å². The fourth-order valence-corrected chi connectivity index (χ4v) is 1.61. The maximum atomic E-state index is 11.7. The third kappa shape index (κ3) is 2.68. The average molecular weight is 215 g/mol. The molecule has 0 aromatic heterocycles. The number of carboxylic acid groups (broad SMARTS) is 1. The van der Waals surface area contributed by atoms with Crippen LogP contribution in [0.2, 0.25) is 0 Å². The predicted octanol–water partition coefficient (Wildman–Crippen LogP) is 0.535. The summed E-state index contributed by atoms with van der Waals surface area (Å²) >= 11 is 0. The zero-order chi connectivity index (χ0) is 11.5. The van der Waals surface area contributed by atoms with E-state index in [1.165, 1.54) is 0 Å². The molecule has 1 unspecified atom stereocenters. The Morgan fingerprint density at radius 2 is 2.27 bits per heavy atom. The number of rotatable bonds is 4. The molecule has 5 nitrogen and oxygen atoms in total. The summed E-state index contributed by atoms with van der Waals surface area (Å²) in [5.41, 5.74) is -0.844. The standard InChI is InChI=1S/C10H17NO4/c1-3-7(8(12)13)11-9(14)10(2)5-4-6-15-10/h7H,3-6H2,1-2H3,(H,11,14)(H,12,13)/t7-,10?/m0/s1. The van der Waals surface area contributed by atoms with E-state index in [2.05, 4.69) is 5.32 Å². The number of amides is 1. The molecule has 1 amide bonds. The van der Waals surface area contributed by atoms with Crippen LogP contribution in [0.1, 0.15) is 33.1 Å². The van der Waals surface area contributed by atoms with Crippen molar-refractivity contribution in [2.75, 3.05) is 6.61 Å². The molecule has 0 spiro atoms. The summed E-state index contributed by atoms with van der Waals surface area (Å²) in [5.74, 6) is -1.33. The van der Waals surface area contributed by atoms with Crippen LogP contribution in [0, 0.1) is 0 Å². The molecule has 0 bridgehead atoms. The van der Waals surface area contributed by atoms with Crippen LogP contribution in [0.4, 0.5) is 0 Å². The fourth-order valence-electron chi connectivity index (χ4n) is 1.61. The monoisotopic (exact) mass is 215 g/mol. The largest absolute Gasteiger partial charge is 0.480 e. The molecule has 2 N–H and O–H groups in total. The Labute approximate surface area is 88.8 Å².